The lowest BCUT2D eigenvalue weighted by Gasteiger charge is -2.08. The normalized spacial score (nSPS) is 11.6. The van der Waals surface area contributed by atoms with Crippen LogP contribution in [0.5, 0.6) is 11.5 Å². The Hall–Kier alpha value is -4.14. The number of rotatable bonds is 5. The monoisotopic (exact) mass is 392 g/mol. The Kier molecular flexibility index (Phi) is 4.93. The van der Waals surface area contributed by atoms with Crippen molar-refractivity contribution in [1.82, 2.24) is 9.97 Å². The highest BCUT2D eigenvalue weighted by atomic mass is 16.7. The molecule has 2 heterocycles. The summed E-state index contributed by atoms with van der Waals surface area (Å²) in [6.45, 7) is 0.161. The molecule has 4 rings (SSSR count). The Morgan fingerprint density at radius 3 is 2.55 bits per heavy atom. The fourth-order valence-corrected chi connectivity index (χ4v) is 2.65. The molecule has 29 heavy (non-hydrogen) atoms. The highest BCUT2D eigenvalue weighted by Gasteiger charge is 2.15. The van der Waals surface area contributed by atoms with E-state index in [4.69, 9.17) is 9.47 Å². The molecule has 0 aliphatic carbocycles. The van der Waals surface area contributed by atoms with Crippen molar-refractivity contribution in [3.8, 4) is 11.5 Å². The number of nitrogens with zero attached hydrogens (tertiary/aromatic N) is 2. The molecule has 9 heteroatoms. The van der Waals surface area contributed by atoms with E-state index in [-0.39, 0.29) is 18.4 Å². The van der Waals surface area contributed by atoms with Crippen LogP contribution in [0.25, 0.3) is 0 Å². The predicted octanol–water partition coefficient (Wildman–Crippen LogP) is 2.99. The Bertz CT molecular complexity index is 1070. The van der Waals surface area contributed by atoms with Gasteiger partial charge in [0.1, 0.15) is 5.69 Å². The van der Waals surface area contributed by atoms with Gasteiger partial charge in [0.2, 0.25) is 12.7 Å². The number of fused-ring (bicyclic) bond motifs is 1. The van der Waals surface area contributed by atoms with Gasteiger partial charge in [0.05, 0.1) is 12.7 Å². The number of nitrogens with one attached hydrogen (secondary N) is 2. The molecule has 3 aromatic rings. The van der Waals surface area contributed by atoms with Crippen LogP contribution in [0.3, 0.4) is 0 Å². The summed E-state index contributed by atoms with van der Waals surface area (Å²) in [4.78, 5) is 32.4. The van der Waals surface area contributed by atoms with Crippen LogP contribution in [0.15, 0.2) is 54.7 Å². The van der Waals surface area contributed by atoms with E-state index in [2.05, 4.69) is 25.3 Å². The van der Waals surface area contributed by atoms with Crippen LogP contribution in [0.4, 0.5) is 17.3 Å². The second kappa shape index (κ2) is 7.85. The van der Waals surface area contributed by atoms with Crippen molar-refractivity contribution in [3.63, 3.8) is 0 Å². The third kappa shape index (κ3) is 4.08. The molecule has 0 radical (unpaired) electrons. The molecule has 1 amide bonds. The van der Waals surface area contributed by atoms with Crippen LogP contribution in [-0.4, -0.2) is 35.7 Å². The second-order valence-electron chi connectivity index (χ2n) is 5.98. The number of ether oxygens (including phenoxy) is 3. The molecule has 1 aliphatic heterocycles. The first-order valence-corrected chi connectivity index (χ1v) is 8.62. The summed E-state index contributed by atoms with van der Waals surface area (Å²) in [5.74, 6) is 0.637. The molecule has 0 bridgehead atoms. The number of hydrogen-bond acceptors (Lipinski definition) is 8. The molecule has 0 fully saturated rings. The van der Waals surface area contributed by atoms with Crippen LogP contribution in [0.2, 0.25) is 0 Å². The summed E-state index contributed by atoms with van der Waals surface area (Å²) in [6.07, 6.45) is 1.48. The number of amides is 1. The van der Waals surface area contributed by atoms with E-state index < -0.39 is 11.9 Å². The number of aromatic nitrogens is 2. The molecule has 1 aromatic heterocycles. The Balaban J connectivity index is 1.45. The molecular weight excluding hydrogens is 376 g/mol. The quantitative estimate of drug-likeness (QED) is 0.638. The van der Waals surface area contributed by atoms with E-state index in [1.807, 2.05) is 0 Å². The van der Waals surface area contributed by atoms with Gasteiger partial charge in [-0.2, -0.15) is 0 Å². The lowest BCUT2D eigenvalue weighted by Crippen LogP contribution is -2.14. The van der Waals surface area contributed by atoms with E-state index in [0.717, 1.165) is 0 Å². The van der Waals surface area contributed by atoms with Crippen molar-refractivity contribution in [2.45, 2.75) is 0 Å². The van der Waals surface area contributed by atoms with Gasteiger partial charge in [0, 0.05) is 23.6 Å². The van der Waals surface area contributed by atoms with Crippen molar-refractivity contribution >= 4 is 29.2 Å². The average molecular weight is 392 g/mol. The smallest absolute Gasteiger partial charge is 0.337 e. The molecule has 2 aromatic carbocycles. The molecular formula is C20H16N4O5. The van der Waals surface area contributed by atoms with Gasteiger partial charge in [0.15, 0.2) is 11.5 Å². The summed E-state index contributed by atoms with van der Waals surface area (Å²) in [7, 11) is 1.32. The van der Waals surface area contributed by atoms with Gasteiger partial charge in [-0.1, -0.05) is 0 Å². The standard InChI is InChI=1S/C20H16N4O5/c1-27-19(26)12-2-4-13(5-3-12)23-20-21-9-8-15(24-20)18(25)22-14-6-7-16-17(10-14)29-11-28-16/h2-10H,11H2,1H3,(H,22,25)(H,21,23,24). The van der Waals surface area contributed by atoms with Crippen molar-refractivity contribution in [3.05, 3.63) is 66.0 Å². The fourth-order valence-electron chi connectivity index (χ4n) is 2.65. The number of benzene rings is 2. The maximum Gasteiger partial charge on any atom is 0.337 e. The first-order chi connectivity index (χ1) is 14.1. The van der Waals surface area contributed by atoms with E-state index in [1.165, 1.54) is 19.4 Å². The minimum Gasteiger partial charge on any atom is -0.465 e. The molecule has 0 saturated heterocycles. The van der Waals surface area contributed by atoms with Crippen molar-refractivity contribution in [2.24, 2.45) is 0 Å². The SMILES string of the molecule is COC(=O)c1ccc(Nc2nccc(C(=O)Nc3ccc4c(c3)OCO4)n2)cc1. The minimum absolute atomic E-state index is 0.161. The third-order valence-corrected chi connectivity index (χ3v) is 4.08. The maximum atomic E-state index is 12.5. The van der Waals surface area contributed by atoms with Gasteiger partial charge in [-0.15, -0.1) is 0 Å². The number of hydrogen-bond donors (Lipinski definition) is 2. The van der Waals surface area contributed by atoms with Crippen molar-refractivity contribution < 1.29 is 23.8 Å². The molecule has 146 valence electrons. The molecule has 9 nitrogen and oxygen atoms in total. The van der Waals surface area contributed by atoms with Crippen LogP contribution in [-0.2, 0) is 4.74 Å². The van der Waals surface area contributed by atoms with Gasteiger partial charge in [-0.05, 0) is 42.5 Å². The molecule has 0 unspecified atom stereocenters. The lowest BCUT2D eigenvalue weighted by atomic mass is 10.2. The molecule has 0 atom stereocenters. The van der Waals surface area contributed by atoms with Crippen LogP contribution >= 0.6 is 0 Å². The zero-order chi connectivity index (χ0) is 20.2. The summed E-state index contributed by atoms with van der Waals surface area (Å²) < 4.78 is 15.2. The maximum absolute atomic E-state index is 12.5. The molecule has 2 N–H and O–H groups in total. The molecule has 1 aliphatic rings. The highest BCUT2D eigenvalue weighted by Crippen LogP contribution is 2.34. The molecule has 0 saturated carbocycles. The number of anilines is 3. The Labute approximate surface area is 165 Å². The average Bonchev–Trinajstić information content (AvgIpc) is 3.22. The second-order valence-corrected chi connectivity index (χ2v) is 5.98. The van der Waals surface area contributed by atoms with Gasteiger partial charge < -0.3 is 24.8 Å². The zero-order valence-electron chi connectivity index (χ0n) is 15.3. The summed E-state index contributed by atoms with van der Waals surface area (Å²) in [6, 6.07) is 13.2. The van der Waals surface area contributed by atoms with Gasteiger partial charge >= 0.3 is 5.97 Å². The topological polar surface area (TPSA) is 112 Å². The number of carbonyl (C=O) groups is 2. The fraction of sp³-hybridized carbons (Fsp3) is 0.100. The van der Waals surface area contributed by atoms with Gasteiger partial charge in [-0.25, -0.2) is 14.8 Å². The minimum atomic E-state index is -0.421. The lowest BCUT2D eigenvalue weighted by molar-refractivity contribution is 0.0600. The van der Waals surface area contributed by atoms with E-state index in [0.29, 0.717) is 28.4 Å². The van der Waals surface area contributed by atoms with Gasteiger partial charge in [0.25, 0.3) is 5.91 Å². The first-order valence-electron chi connectivity index (χ1n) is 8.62. The zero-order valence-corrected chi connectivity index (χ0v) is 15.3. The van der Waals surface area contributed by atoms with Crippen LogP contribution in [0.1, 0.15) is 20.8 Å². The van der Waals surface area contributed by atoms with Crippen LogP contribution < -0.4 is 20.1 Å². The predicted molar refractivity (Wildman–Crippen MR) is 104 cm³/mol. The summed E-state index contributed by atoms with van der Waals surface area (Å²) >= 11 is 0. The highest BCUT2D eigenvalue weighted by molar-refractivity contribution is 6.03. The number of methoxy groups -OCH3 is 1. The third-order valence-electron chi connectivity index (χ3n) is 4.08. The summed E-state index contributed by atoms with van der Waals surface area (Å²) in [5.41, 5.74) is 1.83. The van der Waals surface area contributed by atoms with E-state index >= 15 is 0 Å². The van der Waals surface area contributed by atoms with Gasteiger partial charge in [-0.3, -0.25) is 4.79 Å². The first kappa shape index (κ1) is 18.2. The largest absolute Gasteiger partial charge is 0.465 e. The van der Waals surface area contributed by atoms with E-state index in [1.54, 1.807) is 42.5 Å². The van der Waals surface area contributed by atoms with Crippen molar-refractivity contribution in [1.29, 1.82) is 0 Å². The summed E-state index contributed by atoms with van der Waals surface area (Å²) in [5, 5.41) is 5.75. The number of carbonyl (C=O) groups excluding carboxylic acids is 2. The Morgan fingerprint density at radius 1 is 1.00 bits per heavy atom. The van der Waals surface area contributed by atoms with Crippen molar-refractivity contribution in [2.75, 3.05) is 24.5 Å². The Morgan fingerprint density at radius 2 is 1.76 bits per heavy atom. The number of esters is 1. The van der Waals surface area contributed by atoms with E-state index in [9.17, 15) is 9.59 Å². The molecule has 0 spiro atoms. The van der Waals surface area contributed by atoms with Crippen LogP contribution in [0, 0.1) is 0 Å².